The fraction of sp³-hybridized carbons (Fsp3) is 0.400. The van der Waals surface area contributed by atoms with E-state index in [1.807, 2.05) is 0 Å². The number of rotatable bonds is 3. The average molecular weight is 198 g/mol. The second-order valence-corrected chi connectivity index (χ2v) is 2.83. The summed E-state index contributed by atoms with van der Waals surface area (Å²) in [7, 11) is -0.833. The summed E-state index contributed by atoms with van der Waals surface area (Å²) in [4.78, 5) is 6.99. The van der Waals surface area contributed by atoms with Crippen LogP contribution in [-0.4, -0.2) is 4.89 Å². The minimum absolute atomic E-state index is 0.833. The summed E-state index contributed by atoms with van der Waals surface area (Å²) in [6.45, 7) is 2.23. The van der Waals surface area contributed by atoms with Gasteiger partial charge >= 0.3 is 8.69 Å². The van der Waals surface area contributed by atoms with E-state index in [4.69, 9.17) is 9.46 Å². The van der Waals surface area contributed by atoms with Gasteiger partial charge in [0.2, 0.25) is 0 Å². The molecule has 0 unspecified atom stereocenters. The molecule has 0 radical (unpaired) electrons. The van der Waals surface area contributed by atoms with Crippen molar-refractivity contribution in [1.82, 2.24) is 0 Å². The Kier molecular flexibility index (Phi) is 8.85. The molecule has 0 aliphatic heterocycles. The van der Waals surface area contributed by atoms with Crippen molar-refractivity contribution in [2.75, 3.05) is 0 Å². The van der Waals surface area contributed by atoms with E-state index in [9.17, 15) is 0 Å². The normalized spacial score (nSPS) is 9.08. The number of benzene rings is 1. The van der Waals surface area contributed by atoms with Gasteiger partial charge in [0.15, 0.2) is 0 Å². The van der Waals surface area contributed by atoms with Gasteiger partial charge in [-0.05, 0) is 18.4 Å². The van der Waals surface area contributed by atoms with E-state index < -0.39 is 8.69 Å². The number of aryl methyl sites for hydroxylation is 1. The van der Waals surface area contributed by atoms with Crippen molar-refractivity contribution < 1.29 is 9.46 Å². The Labute approximate surface area is 80.9 Å². The highest BCUT2D eigenvalue weighted by Crippen LogP contribution is 2.03. The molecule has 1 aromatic carbocycles. The fourth-order valence-corrected chi connectivity index (χ4v) is 1.03. The van der Waals surface area contributed by atoms with Crippen LogP contribution in [0.3, 0.4) is 0 Å². The van der Waals surface area contributed by atoms with Gasteiger partial charge in [0, 0.05) is 0 Å². The highest BCUT2D eigenvalue weighted by Gasteiger charge is 1.87. The molecule has 13 heavy (non-hydrogen) atoms. The Morgan fingerprint density at radius 3 is 2.31 bits per heavy atom. The van der Waals surface area contributed by atoms with Gasteiger partial charge in [0.1, 0.15) is 0 Å². The van der Waals surface area contributed by atoms with Crippen molar-refractivity contribution in [3.8, 4) is 0 Å². The predicted molar refractivity (Wildman–Crippen MR) is 54.9 cm³/mol. The van der Waals surface area contributed by atoms with E-state index >= 15 is 0 Å². The molecule has 1 N–H and O–H groups in total. The van der Waals surface area contributed by atoms with E-state index in [-0.39, 0.29) is 0 Å². The zero-order chi connectivity index (χ0) is 9.94. The summed E-state index contributed by atoms with van der Waals surface area (Å²) < 4.78 is 8.46. The quantitative estimate of drug-likeness (QED) is 0.757. The SMILES string of the molecule is CCCCc1ccccc1.O=PO. The van der Waals surface area contributed by atoms with E-state index in [1.54, 1.807) is 0 Å². The third-order valence-electron chi connectivity index (χ3n) is 1.66. The van der Waals surface area contributed by atoms with Crippen molar-refractivity contribution in [1.29, 1.82) is 0 Å². The van der Waals surface area contributed by atoms with Crippen LogP contribution in [0.5, 0.6) is 0 Å². The van der Waals surface area contributed by atoms with E-state index in [0.29, 0.717) is 0 Å². The molecule has 0 saturated carbocycles. The Balaban J connectivity index is 0.000000424. The second-order valence-electron chi connectivity index (χ2n) is 2.67. The molecule has 0 amide bonds. The molecule has 2 nitrogen and oxygen atoms in total. The van der Waals surface area contributed by atoms with Crippen LogP contribution in [-0.2, 0) is 11.0 Å². The highest BCUT2D eigenvalue weighted by atomic mass is 31.1. The van der Waals surface area contributed by atoms with E-state index in [1.165, 1.54) is 24.8 Å². The molecule has 0 spiro atoms. The Bertz CT molecular complexity index is 211. The molecule has 0 bridgehead atoms. The van der Waals surface area contributed by atoms with Crippen molar-refractivity contribution in [3.05, 3.63) is 35.9 Å². The lowest BCUT2D eigenvalue weighted by molar-refractivity contribution is 0.524. The molecule has 0 atom stereocenters. The highest BCUT2D eigenvalue weighted by molar-refractivity contribution is 7.16. The van der Waals surface area contributed by atoms with Crippen LogP contribution in [0.15, 0.2) is 30.3 Å². The summed E-state index contributed by atoms with van der Waals surface area (Å²) in [6, 6.07) is 10.6. The van der Waals surface area contributed by atoms with Gasteiger partial charge in [-0.1, -0.05) is 43.7 Å². The predicted octanol–water partition coefficient (Wildman–Crippen LogP) is 3.21. The van der Waals surface area contributed by atoms with Gasteiger partial charge in [-0.15, -0.1) is 0 Å². The average Bonchev–Trinajstić information content (AvgIpc) is 2.18. The number of hydrogen-bond acceptors (Lipinski definition) is 1. The van der Waals surface area contributed by atoms with Gasteiger partial charge in [0.25, 0.3) is 0 Å². The molecule has 0 fully saturated rings. The van der Waals surface area contributed by atoms with E-state index in [2.05, 4.69) is 37.3 Å². The molecule has 0 aliphatic carbocycles. The van der Waals surface area contributed by atoms with Crippen molar-refractivity contribution in [2.45, 2.75) is 26.2 Å². The first-order valence-electron chi connectivity index (χ1n) is 4.35. The molecule has 0 heterocycles. The van der Waals surface area contributed by atoms with Crippen LogP contribution in [0.2, 0.25) is 0 Å². The van der Waals surface area contributed by atoms with Crippen LogP contribution in [0, 0.1) is 0 Å². The van der Waals surface area contributed by atoms with Crippen molar-refractivity contribution >= 4 is 8.69 Å². The largest absolute Gasteiger partial charge is 0.324 e. The Morgan fingerprint density at radius 2 is 1.85 bits per heavy atom. The molecule has 0 aliphatic rings. The molecule has 0 saturated heterocycles. The molecule has 1 rings (SSSR count). The van der Waals surface area contributed by atoms with Crippen molar-refractivity contribution in [3.63, 3.8) is 0 Å². The summed E-state index contributed by atoms with van der Waals surface area (Å²) in [5.74, 6) is 0. The zero-order valence-corrected chi connectivity index (χ0v) is 8.71. The number of hydrogen-bond donors (Lipinski definition) is 1. The monoisotopic (exact) mass is 198 g/mol. The van der Waals surface area contributed by atoms with Crippen molar-refractivity contribution in [2.24, 2.45) is 0 Å². The molecule has 72 valence electrons. The lowest BCUT2D eigenvalue weighted by atomic mass is 10.1. The standard InChI is InChI=1S/C10H14.HO2P/c1-2-3-7-10-8-5-4-6-9-10;1-3-2/h4-6,8-9H,2-3,7H2,1H3;(H,1,2). The fourth-order valence-electron chi connectivity index (χ4n) is 1.03. The van der Waals surface area contributed by atoms with Crippen LogP contribution in [0.25, 0.3) is 0 Å². The van der Waals surface area contributed by atoms with Gasteiger partial charge < -0.3 is 4.89 Å². The second kappa shape index (κ2) is 9.37. The molecule has 0 aromatic heterocycles. The zero-order valence-electron chi connectivity index (χ0n) is 7.81. The van der Waals surface area contributed by atoms with Gasteiger partial charge in [0.05, 0.1) is 0 Å². The maximum atomic E-state index is 8.46. The third-order valence-corrected chi connectivity index (χ3v) is 1.66. The van der Waals surface area contributed by atoms with Gasteiger partial charge in [-0.2, -0.15) is 0 Å². The first kappa shape index (κ1) is 12.3. The first-order valence-corrected chi connectivity index (χ1v) is 5.12. The number of unbranched alkanes of at least 4 members (excludes halogenated alkanes) is 1. The van der Waals surface area contributed by atoms with Gasteiger partial charge in [-0.3, -0.25) is 0 Å². The Morgan fingerprint density at radius 1 is 1.31 bits per heavy atom. The van der Waals surface area contributed by atoms with Gasteiger partial charge in [-0.25, -0.2) is 4.57 Å². The van der Waals surface area contributed by atoms with Crippen LogP contribution in [0.4, 0.5) is 0 Å². The van der Waals surface area contributed by atoms with Crippen LogP contribution >= 0.6 is 8.69 Å². The van der Waals surface area contributed by atoms with Crippen LogP contribution < -0.4 is 0 Å². The smallest absolute Gasteiger partial charge is 0.310 e. The molecule has 1 aromatic rings. The summed E-state index contributed by atoms with van der Waals surface area (Å²) in [6.07, 6.45) is 3.83. The maximum Gasteiger partial charge on any atom is 0.324 e. The molecular formula is C10H15O2P. The molecular weight excluding hydrogens is 183 g/mol. The summed E-state index contributed by atoms with van der Waals surface area (Å²) in [5.41, 5.74) is 1.46. The van der Waals surface area contributed by atoms with E-state index in [0.717, 1.165) is 0 Å². The van der Waals surface area contributed by atoms with Crippen LogP contribution in [0.1, 0.15) is 25.3 Å². The summed E-state index contributed by atoms with van der Waals surface area (Å²) >= 11 is 0. The Hall–Kier alpha value is -0.720. The first-order chi connectivity index (χ1) is 6.35. The molecule has 3 heteroatoms. The lowest BCUT2D eigenvalue weighted by Gasteiger charge is -1.96. The third kappa shape index (κ3) is 7.63. The summed E-state index contributed by atoms with van der Waals surface area (Å²) in [5, 5.41) is 0. The topological polar surface area (TPSA) is 37.3 Å². The lowest BCUT2D eigenvalue weighted by Crippen LogP contribution is -1.81. The minimum Gasteiger partial charge on any atom is -0.310 e. The maximum absolute atomic E-state index is 8.46. The minimum atomic E-state index is -0.833.